The summed E-state index contributed by atoms with van der Waals surface area (Å²) in [4.78, 5) is 0. The predicted molar refractivity (Wildman–Crippen MR) is 55.7 cm³/mol. The Kier molecular flexibility index (Phi) is 3.97. The molecule has 0 aromatic heterocycles. The molecule has 0 aliphatic rings. The molecule has 1 aromatic rings. The highest BCUT2D eigenvalue weighted by molar-refractivity contribution is 5.22. The van der Waals surface area contributed by atoms with Crippen molar-refractivity contribution >= 4 is 0 Å². The first-order valence-corrected chi connectivity index (χ1v) is 4.92. The van der Waals surface area contributed by atoms with E-state index >= 15 is 0 Å². The SMILES string of the molecule is CCC(CO)Cc1cccc(C)c1. The molecule has 1 aromatic carbocycles. The maximum Gasteiger partial charge on any atom is 0.0462 e. The van der Waals surface area contributed by atoms with Gasteiger partial charge in [-0.15, -0.1) is 0 Å². The van der Waals surface area contributed by atoms with Crippen molar-refractivity contribution < 1.29 is 5.11 Å². The van der Waals surface area contributed by atoms with Gasteiger partial charge in [-0.2, -0.15) is 0 Å². The monoisotopic (exact) mass is 178 g/mol. The zero-order valence-electron chi connectivity index (χ0n) is 8.46. The second kappa shape index (κ2) is 5.03. The van der Waals surface area contributed by atoms with Crippen molar-refractivity contribution in [3.8, 4) is 0 Å². The van der Waals surface area contributed by atoms with Crippen LogP contribution in [0.25, 0.3) is 0 Å². The normalized spacial score (nSPS) is 12.8. The first-order valence-electron chi connectivity index (χ1n) is 4.92. The molecular formula is C12H18O. The lowest BCUT2D eigenvalue weighted by Crippen LogP contribution is -2.08. The molecular weight excluding hydrogens is 160 g/mol. The predicted octanol–water partition coefficient (Wildman–Crippen LogP) is 2.56. The lowest BCUT2D eigenvalue weighted by Gasteiger charge is -2.11. The van der Waals surface area contributed by atoms with Crippen LogP contribution in [-0.2, 0) is 6.42 Å². The average Bonchev–Trinajstić information content (AvgIpc) is 2.14. The van der Waals surface area contributed by atoms with Gasteiger partial charge in [-0.25, -0.2) is 0 Å². The summed E-state index contributed by atoms with van der Waals surface area (Å²) in [5, 5.41) is 9.06. The smallest absolute Gasteiger partial charge is 0.0462 e. The summed E-state index contributed by atoms with van der Waals surface area (Å²) in [6.07, 6.45) is 2.04. The van der Waals surface area contributed by atoms with Crippen LogP contribution in [0.4, 0.5) is 0 Å². The molecule has 1 unspecified atom stereocenters. The molecule has 72 valence electrons. The highest BCUT2D eigenvalue weighted by Gasteiger charge is 2.05. The minimum atomic E-state index is 0.296. The fraction of sp³-hybridized carbons (Fsp3) is 0.500. The van der Waals surface area contributed by atoms with Gasteiger partial charge in [-0.3, -0.25) is 0 Å². The Labute approximate surface area is 80.4 Å². The molecule has 13 heavy (non-hydrogen) atoms. The Bertz CT molecular complexity index is 251. The molecule has 0 spiro atoms. The second-order valence-electron chi connectivity index (χ2n) is 3.65. The molecule has 0 radical (unpaired) electrons. The number of hydrogen-bond acceptors (Lipinski definition) is 1. The van der Waals surface area contributed by atoms with Crippen molar-refractivity contribution in [3.05, 3.63) is 35.4 Å². The zero-order chi connectivity index (χ0) is 9.68. The lowest BCUT2D eigenvalue weighted by atomic mass is 9.97. The first kappa shape index (κ1) is 10.3. The van der Waals surface area contributed by atoms with E-state index in [0.29, 0.717) is 12.5 Å². The Hall–Kier alpha value is -0.820. The van der Waals surface area contributed by atoms with E-state index in [0.717, 1.165) is 12.8 Å². The summed E-state index contributed by atoms with van der Waals surface area (Å²) in [5.74, 6) is 0.418. The molecule has 0 fully saturated rings. The average molecular weight is 178 g/mol. The van der Waals surface area contributed by atoms with Crippen molar-refractivity contribution in [3.63, 3.8) is 0 Å². The minimum absolute atomic E-state index is 0.296. The molecule has 0 bridgehead atoms. The van der Waals surface area contributed by atoms with Gasteiger partial charge in [0.25, 0.3) is 0 Å². The van der Waals surface area contributed by atoms with Crippen molar-refractivity contribution in [2.75, 3.05) is 6.61 Å². The van der Waals surface area contributed by atoms with Gasteiger partial charge in [0.15, 0.2) is 0 Å². The summed E-state index contributed by atoms with van der Waals surface area (Å²) in [5.41, 5.74) is 2.63. The van der Waals surface area contributed by atoms with Crippen molar-refractivity contribution in [1.82, 2.24) is 0 Å². The number of benzene rings is 1. The van der Waals surface area contributed by atoms with E-state index in [-0.39, 0.29) is 0 Å². The van der Waals surface area contributed by atoms with Gasteiger partial charge >= 0.3 is 0 Å². The van der Waals surface area contributed by atoms with Gasteiger partial charge < -0.3 is 5.11 Å². The van der Waals surface area contributed by atoms with Crippen molar-refractivity contribution in [2.24, 2.45) is 5.92 Å². The van der Waals surface area contributed by atoms with E-state index < -0.39 is 0 Å². The lowest BCUT2D eigenvalue weighted by molar-refractivity contribution is 0.222. The number of hydrogen-bond donors (Lipinski definition) is 1. The van der Waals surface area contributed by atoms with Crippen LogP contribution in [0.15, 0.2) is 24.3 Å². The van der Waals surface area contributed by atoms with E-state index in [4.69, 9.17) is 5.11 Å². The van der Waals surface area contributed by atoms with Gasteiger partial charge in [0, 0.05) is 6.61 Å². The van der Waals surface area contributed by atoms with Crippen LogP contribution in [0.3, 0.4) is 0 Å². The molecule has 0 aliphatic carbocycles. The van der Waals surface area contributed by atoms with E-state index in [2.05, 4.69) is 38.1 Å². The third-order valence-electron chi connectivity index (χ3n) is 2.44. The van der Waals surface area contributed by atoms with Crippen molar-refractivity contribution in [2.45, 2.75) is 26.7 Å². The third-order valence-corrected chi connectivity index (χ3v) is 2.44. The molecule has 1 nitrogen and oxygen atoms in total. The van der Waals surface area contributed by atoms with Crippen LogP contribution in [0.5, 0.6) is 0 Å². The van der Waals surface area contributed by atoms with Crippen LogP contribution in [0.1, 0.15) is 24.5 Å². The van der Waals surface area contributed by atoms with Gasteiger partial charge in [0.05, 0.1) is 0 Å². The quantitative estimate of drug-likeness (QED) is 0.751. The maximum atomic E-state index is 9.06. The molecule has 0 amide bonds. The van der Waals surface area contributed by atoms with E-state index in [9.17, 15) is 0 Å². The van der Waals surface area contributed by atoms with Gasteiger partial charge in [0.1, 0.15) is 0 Å². The van der Waals surface area contributed by atoms with Gasteiger partial charge in [-0.1, -0.05) is 43.2 Å². The highest BCUT2D eigenvalue weighted by atomic mass is 16.3. The molecule has 0 heterocycles. The zero-order valence-corrected chi connectivity index (χ0v) is 8.46. The van der Waals surface area contributed by atoms with Gasteiger partial charge in [0.2, 0.25) is 0 Å². The first-order chi connectivity index (χ1) is 6.26. The van der Waals surface area contributed by atoms with Crippen LogP contribution >= 0.6 is 0 Å². The van der Waals surface area contributed by atoms with Crippen LogP contribution < -0.4 is 0 Å². The molecule has 0 saturated carbocycles. The molecule has 0 aliphatic heterocycles. The summed E-state index contributed by atoms with van der Waals surface area (Å²) in [6, 6.07) is 8.50. The number of aryl methyl sites for hydroxylation is 1. The number of rotatable bonds is 4. The third kappa shape index (κ3) is 3.19. The van der Waals surface area contributed by atoms with Crippen molar-refractivity contribution in [1.29, 1.82) is 0 Å². The maximum absolute atomic E-state index is 9.06. The van der Waals surface area contributed by atoms with Crippen LogP contribution in [0, 0.1) is 12.8 Å². The van der Waals surface area contributed by atoms with Crippen LogP contribution in [-0.4, -0.2) is 11.7 Å². The van der Waals surface area contributed by atoms with E-state index in [1.165, 1.54) is 11.1 Å². The second-order valence-corrected chi connectivity index (χ2v) is 3.65. The fourth-order valence-corrected chi connectivity index (χ4v) is 1.51. The Morgan fingerprint density at radius 1 is 1.38 bits per heavy atom. The molecule has 1 rings (SSSR count). The Morgan fingerprint density at radius 3 is 2.69 bits per heavy atom. The van der Waals surface area contributed by atoms with Crippen LogP contribution in [0.2, 0.25) is 0 Å². The fourth-order valence-electron chi connectivity index (χ4n) is 1.51. The largest absolute Gasteiger partial charge is 0.396 e. The Morgan fingerprint density at radius 2 is 2.15 bits per heavy atom. The highest BCUT2D eigenvalue weighted by Crippen LogP contribution is 2.12. The molecule has 1 atom stereocenters. The number of aliphatic hydroxyl groups is 1. The minimum Gasteiger partial charge on any atom is -0.396 e. The van der Waals surface area contributed by atoms with Gasteiger partial charge in [-0.05, 0) is 24.8 Å². The summed E-state index contributed by atoms with van der Waals surface area (Å²) >= 11 is 0. The van der Waals surface area contributed by atoms with E-state index in [1.54, 1.807) is 0 Å². The Balaban J connectivity index is 2.62. The number of aliphatic hydroxyl groups excluding tert-OH is 1. The summed E-state index contributed by atoms with van der Waals surface area (Å²) in [6.45, 7) is 4.52. The molecule has 0 saturated heterocycles. The molecule has 1 N–H and O–H groups in total. The topological polar surface area (TPSA) is 20.2 Å². The molecule has 1 heteroatoms. The summed E-state index contributed by atoms with van der Waals surface area (Å²) < 4.78 is 0. The standard InChI is InChI=1S/C12H18O/c1-3-11(9-13)8-12-6-4-5-10(2)7-12/h4-7,11,13H,3,8-9H2,1-2H3. The van der Waals surface area contributed by atoms with E-state index in [1.807, 2.05) is 0 Å². The summed E-state index contributed by atoms with van der Waals surface area (Å²) in [7, 11) is 0.